The molecule has 1 aromatic heterocycles. The van der Waals surface area contributed by atoms with E-state index in [4.69, 9.17) is 11.6 Å². The lowest BCUT2D eigenvalue weighted by Crippen LogP contribution is -2.49. The molecule has 0 aliphatic carbocycles. The maximum absolute atomic E-state index is 12.6. The van der Waals surface area contributed by atoms with Gasteiger partial charge >= 0.3 is 0 Å². The Hall–Kier alpha value is -2.34. The van der Waals surface area contributed by atoms with Crippen molar-refractivity contribution in [1.29, 1.82) is 0 Å². The number of rotatable bonds is 4. The second kappa shape index (κ2) is 8.35. The van der Waals surface area contributed by atoms with Crippen molar-refractivity contribution in [2.45, 2.75) is 26.2 Å². The van der Waals surface area contributed by atoms with E-state index in [0.29, 0.717) is 24.5 Å². The molecule has 0 spiro atoms. The third-order valence-electron chi connectivity index (χ3n) is 5.47. The van der Waals surface area contributed by atoms with E-state index in [-0.39, 0.29) is 5.91 Å². The fraction of sp³-hybridized carbons (Fsp3) is 0.476. The summed E-state index contributed by atoms with van der Waals surface area (Å²) < 4.78 is 0. The number of carbonyl (C=O) groups excluding carboxylic acids is 1. The molecular formula is C21H26ClN5O. The van der Waals surface area contributed by atoms with Gasteiger partial charge in [-0.2, -0.15) is 0 Å². The zero-order chi connectivity index (χ0) is 19.5. The fourth-order valence-electron chi connectivity index (χ4n) is 3.88. The van der Waals surface area contributed by atoms with Crippen LogP contribution in [-0.4, -0.2) is 60.0 Å². The minimum atomic E-state index is 0.165. The van der Waals surface area contributed by atoms with Crippen LogP contribution in [0, 0.1) is 6.92 Å². The second-order valence-corrected chi connectivity index (χ2v) is 7.93. The smallest absolute Gasteiger partial charge is 0.227 e. The minimum Gasteiger partial charge on any atom is -0.356 e. The standard InChI is InChI=1S/C21H26ClN5O/c1-16-23-19(25-8-2-3-9-25)15-20(24-16)26-10-12-27(13-11-26)21(28)14-17-4-6-18(22)7-5-17/h4-7,15H,2-3,8-14H2,1H3. The molecule has 1 aromatic carbocycles. The van der Waals surface area contributed by atoms with Crippen molar-refractivity contribution in [2.75, 3.05) is 49.1 Å². The SMILES string of the molecule is Cc1nc(N2CCCC2)cc(N2CCN(C(=O)Cc3ccc(Cl)cc3)CC2)n1. The minimum absolute atomic E-state index is 0.165. The van der Waals surface area contributed by atoms with E-state index in [0.717, 1.165) is 49.2 Å². The summed E-state index contributed by atoms with van der Waals surface area (Å²) in [7, 11) is 0. The van der Waals surface area contributed by atoms with E-state index in [2.05, 4.69) is 25.8 Å². The fourth-order valence-corrected chi connectivity index (χ4v) is 4.01. The molecule has 0 saturated carbocycles. The highest BCUT2D eigenvalue weighted by molar-refractivity contribution is 6.30. The number of carbonyl (C=O) groups is 1. The number of piperazine rings is 1. The van der Waals surface area contributed by atoms with E-state index in [9.17, 15) is 4.79 Å². The van der Waals surface area contributed by atoms with Crippen LogP contribution in [-0.2, 0) is 11.2 Å². The highest BCUT2D eigenvalue weighted by atomic mass is 35.5. The number of hydrogen-bond acceptors (Lipinski definition) is 5. The Morgan fingerprint density at radius 2 is 1.50 bits per heavy atom. The van der Waals surface area contributed by atoms with Crippen LogP contribution in [0.1, 0.15) is 24.2 Å². The summed E-state index contributed by atoms with van der Waals surface area (Å²) in [4.78, 5) is 28.4. The summed E-state index contributed by atoms with van der Waals surface area (Å²) in [5.74, 6) is 2.97. The predicted octanol–water partition coefficient (Wildman–Crippen LogP) is 2.93. The molecule has 0 N–H and O–H groups in total. The average Bonchev–Trinajstić information content (AvgIpc) is 3.24. The topological polar surface area (TPSA) is 52.6 Å². The average molecular weight is 400 g/mol. The van der Waals surface area contributed by atoms with Crippen LogP contribution in [0.25, 0.3) is 0 Å². The molecule has 6 nitrogen and oxygen atoms in total. The molecule has 0 radical (unpaired) electrons. The largest absolute Gasteiger partial charge is 0.356 e. The monoisotopic (exact) mass is 399 g/mol. The van der Waals surface area contributed by atoms with Crippen LogP contribution in [0.2, 0.25) is 5.02 Å². The molecule has 4 rings (SSSR count). The number of anilines is 2. The van der Waals surface area contributed by atoms with Crippen LogP contribution >= 0.6 is 11.6 Å². The van der Waals surface area contributed by atoms with Gasteiger partial charge in [0.05, 0.1) is 6.42 Å². The summed E-state index contributed by atoms with van der Waals surface area (Å²) >= 11 is 5.92. The Morgan fingerprint density at radius 1 is 0.929 bits per heavy atom. The Morgan fingerprint density at radius 3 is 2.11 bits per heavy atom. The Balaban J connectivity index is 1.37. The molecule has 0 atom stereocenters. The number of nitrogens with zero attached hydrogens (tertiary/aromatic N) is 5. The van der Waals surface area contributed by atoms with Crippen LogP contribution in [0.5, 0.6) is 0 Å². The summed E-state index contributed by atoms with van der Waals surface area (Å²) in [5, 5.41) is 0.693. The van der Waals surface area contributed by atoms with Crippen LogP contribution < -0.4 is 9.80 Å². The van der Waals surface area contributed by atoms with Gasteiger partial charge in [0.1, 0.15) is 17.5 Å². The molecule has 28 heavy (non-hydrogen) atoms. The molecular weight excluding hydrogens is 374 g/mol. The van der Waals surface area contributed by atoms with E-state index in [1.54, 1.807) is 0 Å². The third-order valence-corrected chi connectivity index (χ3v) is 5.72. The van der Waals surface area contributed by atoms with E-state index in [1.807, 2.05) is 36.1 Å². The predicted molar refractivity (Wildman–Crippen MR) is 112 cm³/mol. The highest BCUT2D eigenvalue weighted by Crippen LogP contribution is 2.23. The molecule has 1 amide bonds. The molecule has 3 heterocycles. The number of amides is 1. The molecule has 7 heteroatoms. The van der Waals surface area contributed by atoms with E-state index in [1.165, 1.54) is 12.8 Å². The van der Waals surface area contributed by atoms with Crippen LogP contribution in [0.4, 0.5) is 11.6 Å². The lowest BCUT2D eigenvalue weighted by Gasteiger charge is -2.36. The summed E-state index contributed by atoms with van der Waals surface area (Å²) in [6.07, 6.45) is 2.88. The molecule has 0 unspecified atom stereocenters. The van der Waals surface area contributed by atoms with Crippen molar-refractivity contribution < 1.29 is 4.79 Å². The lowest BCUT2D eigenvalue weighted by molar-refractivity contribution is -0.130. The maximum Gasteiger partial charge on any atom is 0.227 e. The Bertz CT molecular complexity index is 827. The van der Waals surface area contributed by atoms with Crippen molar-refractivity contribution in [1.82, 2.24) is 14.9 Å². The van der Waals surface area contributed by atoms with E-state index >= 15 is 0 Å². The van der Waals surface area contributed by atoms with Gasteiger partial charge in [0.2, 0.25) is 5.91 Å². The normalized spacial score (nSPS) is 17.3. The first-order valence-corrected chi connectivity index (χ1v) is 10.3. The maximum atomic E-state index is 12.6. The molecule has 2 aromatic rings. The van der Waals surface area contributed by atoms with Gasteiger partial charge < -0.3 is 14.7 Å². The second-order valence-electron chi connectivity index (χ2n) is 7.50. The van der Waals surface area contributed by atoms with Crippen molar-refractivity contribution in [3.63, 3.8) is 0 Å². The summed E-state index contributed by atoms with van der Waals surface area (Å²) in [6.45, 7) is 7.12. The van der Waals surface area contributed by atoms with Crippen molar-refractivity contribution in [3.8, 4) is 0 Å². The highest BCUT2D eigenvalue weighted by Gasteiger charge is 2.23. The van der Waals surface area contributed by atoms with Gasteiger partial charge in [0, 0.05) is 50.4 Å². The van der Waals surface area contributed by atoms with Gasteiger partial charge in [0.15, 0.2) is 0 Å². The molecule has 2 aliphatic rings. The van der Waals surface area contributed by atoms with Gasteiger partial charge in [-0.1, -0.05) is 23.7 Å². The van der Waals surface area contributed by atoms with Gasteiger partial charge in [-0.25, -0.2) is 9.97 Å². The number of halogens is 1. The molecule has 148 valence electrons. The quantitative estimate of drug-likeness (QED) is 0.791. The van der Waals surface area contributed by atoms with Crippen molar-refractivity contribution >= 4 is 29.1 Å². The number of hydrogen-bond donors (Lipinski definition) is 0. The van der Waals surface area contributed by atoms with Gasteiger partial charge in [-0.15, -0.1) is 0 Å². The summed E-state index contributed by atoms with van der Waals surface area (Å²) in [5.41, 5.74) is 0.999. The summed E-state index contributed by atoms with van der Waals surface area (Å²) in [6, 6.07) is 9.60. The Kier molecular flexibility index (Phi) is 5.67. The zero-order valence-electron chi connectivity index (χ0n) is 16.3. The lowest BCUT2D eigenvalue weighted by atomic mass is 10.1. The number of aryl methyl sites for hydroxylation is 1. The number of benzene rings is 1. The molecule has 2 fully saturated rings. The molecule has 0 bridgehead atoms. The Labute approximate surface area is 171 Å². The first kappa shape index (κ1) is 19.0. The third kappa shape index (κ3) is 4.38. The van der Waals surface area contributed by atoms with Gasteiger partial charge in [0.25, 0.3) is 0 Å². The number of aromatic nitrogens is 2. The van der Waals surface area contributed by atoms with Crippen molar-refractivity contribution in [3.05, 3.63) is 46.7 Å². The van der Waals surface area contributed by atoms with E-state index < -0.39 is 0 Å². The first-order chi connectivity index (χ1) is 13.6. The van der Waals surface area contributed by atoms with Crippen LogP contribution in [0.15, 0.2) is 30.3 Å². The molecule has 2 aliphatic heterocycles. The van der Waals surface area contributed by atoms with Crippen LogP contribution in [0.3, 0.4) is 0 Å². The van der Waals surface area contributed by atoms with Crippen molar-refractivity contribution in [2.24, 2.45) is 0 Å². The van der Waals surface area contributed by atoms with Gasteiger partial charge in [-0.05, 0) is 37.5 Å². The molecule has 2 saturated heterocycles. The first-order valence-electron chi connectivity index (χ1n) is 9.96. The zero-order valence-corrected chi connectivity index (χ0v) is 17.0. The van der Waals surface area contributed by atoms with Gasteiger partial charge in [-0.3, -0.25) is 4.79 Å².